The fraction of sp³-hybridized carbons (Fsp3) is 0.316. The molecule has 0 atom stereocenters. The first kappa shape index (κ1) is 20.5. The second kappa shape index (κ2) is 9.78. The molecule has 8 heteroatoms. The Balaban J connectivity index is 2.01. The number of carbonyl (C=O) groups excluding carboxylic acids is 1. The summed E-state index contributed by atoms with van der Waals surface area (Å²) in [5.41, 5.74) is 1.35. The van der Waals surface area contributed by atoms with E-state index >= 15 is 0 Å². The third kappa shape index (κ3) is 5.59. The minimum absolute atomic E-state index is 0.178. The summed E-state index contributed by atoms with van der Waals surface area (Å²) >= 11 is 3.36. The van der Waals surface area contributed by atoms with Gasteiger partial charge in [-0.25, -0.2) is 4.98 Å². The lowest BCUT2D eigenvalue weighted by molar-refractivity contribution is -0.123. The molecule has 142 valence electrons. The maximum absolute atomic E-state index is 12.2. The number of hydrogen-bond acceptors (Lipinski definition) is 6. The molecule has 2 aromatic rings. The van der Waals surface area contributed by atoms with Crippen LogP contribution in [0.25, 0.3) is 0 Å². The number of anilines is 1. The Morgan fingerprint density at radius 1 is 1.37 bits per heavy atom. The van der Waals surface area contributed by atoms with E-state index in [0.29, 0.717) is 34.7 Å². The summed E-state index contributed by atoms with van der Waals surface area (Å²) in [6, 6.07) is 9.00. The number of rotatable bonds is 8. The van der Waals surface area contributed by atoms with Crippen molar-refractivity contribution in [2.75, 3.05) is 32.2 Å². The van der Waals surface area contributed by atoms with Gasteiger partial charge in [-0.15, -0.1) is 0 Å². The van der Waals surface area contributed by atoms with E-state index in [0.717, 1.165) is 11.4 Å². The topological polar surface area (TPSA) is 87.5 Å². The Bertz CT molecular complexity index is 849. The number of halogens is 1. The molecule has 0 spiro atoms. The van der Waals surface area contributed by atoms with E-state index in [1.807, 2.05) is 38.1 Å². The van der Waals surface area contributed by atoms with E-state index in [4.69, 9.17) is 14.7 Å². The predicted octanol–water partition coefficient (Wildman–Crippen LogP) is 2.88. The largest absolute Gasteiger partial charge is 0.490 e. The van der Waals surface area contributed by atoms with Crippen molar-refractivity contribution in [2.45, 2.75) is 13.5 Å². The number of benzene rings is 1. The average Bonchev–Trinajstić information content (AvgIpc) is 2.65. The van der Waals surface area contributed by atoms with Crippen molar-refractivity contribution >= 4 is 27.7 Å². The van der Waals surface area contributed by atoms with Gasteiger partial charge in [-0.05, 0) is 35.0 Å². The summed E-state index contributed by atoms with van der Waals surface area (Å²) in [5, 5.41) is 11.9. The maximum atomic E-state index is 12.2. The highest BCUT2D eigenvalue weighted by Gasteiger charge is 2.14. The number of hydrogen-bond donors (Lipinski definition) is 1. The van der Waals surface area contributed by atoms with Gasteiger partial charge in [-0.3, -0.25) is 4.79 Å². The summed E-state index contributed by atoms with van der Waals surface area (Å²) in [6.07, 6.45) is 1.71. The van der Waals surface area contributed by atoms with E-state index in [1.54, 1.807) is 18.3 Å². The van der Waals surface area contributed by atoms with E-state index in [-0.39, 0.29) is 12.5 Å². The van der Waals surface area contributed by atoms with E-state index in [9.17, 15) is 4.79 Å². The second-order valence-corrected chi connectivity index (χ2v) is 6.63. The van der Waals surface area contributed by atoms with E-state index in [1.165, 1.54) is 0 Å². The molecule has 0 aliphatic carbocycles. The van der Waals surface area contributed by atoms with Crippen molar-refractivity contribution in [3.63, 3.8) is 0 Å². The van der Waals surface area contributed by atoms with Crippen LogP contribution in [0.1, 0.15) is 18.1 Å². The minimum Gasteiger partial charge on any atom is -0.490 e. The lowest BCUT2D eigenvalue weighted by atomic mass is 10.2. The second-order valence-electron chi connectivity index (χ2n) is 5.78. The molecule has 1 amide bonds. The van der Waals surface area contributed by atoms with Crippen LogP contribution in [0.15, 0.2) is 34.9 Å². The molecule has 0 saturated carbocycles. The van der Waals surface area contributed by atoms with Crippen LogP contribution >= 0.6 is 15.9 Å². The van der Waals surface area contributed by atoms with E-state index in [2.05, 4.69) is 32.3 Å². The summed E-state index contributed by atoms with van der Waals surface area (Å²) < 4.78 is 11.7. The van der Waals surface area contributed by atoms with Crippen LogP contribution in [0.2, 0.25) is 0 Å². The fourth-order valence-electron chi connectivity index (χ4n) is 2.39. The summed E-state index contributed by atoms with van der Waals surface area (Å²) in [4.78, 5) is 18.4. The van der Waals surface area contributed by atoms with Gasteiger partial charge in [-0.1, -0.05) is 6.07 Å². The first-order chi connectivity index (χ1) is 13.0. The number of nitrogens with zero attached hydrogens (tertiary/aromatic N) is 3. The molecule has 27 heavy (non-hydrogen) atoms. The molecule has 0 fully saturated rings. The minimum atomic E-state index is -0.276. The third-order valence-corrected chi connectivity index (χ3v) is 4.14. The first-order valence-electron chi connectivity index (χ1n) is 8.33. The van der Waals surface area contributed by atoms with Crippen LogP contribution in [-0.2, 0) is 11.3 Å². The maximum Gasteiger partial charge on any atom is 0.258 e. The summed E-state index contributed by atoms with van der Waals surface area (Å²) in [6.45, 7) is 2.41. The fourth-order valence-corrected chi connectivity index (χ4v) is 2.95. The standard InChI is InChI=1S/C19H21BrN4O3/c1-4-26-16-9-13(10-21)8-15(20)18(16)27-12-17(25)23-11-14-6-5-7-22-19(14)24(2)3/h5-9H,4,11-12H2,1-3H3,(H,23,25). The highest BCUT2D eigenvalue weighted by molar-refractivity contribution is 9.10. The molecule has 0 saturated heterocycles. The predicted molar refractivity (Wildman–Crippen MR) is 106 cm³/mol. The van der Waals surface area contributed by atoms with Gasteiger partial charge in [0.05, 0.1) is 22.7 Å². The lowest BCUT2D eigenvalue weighted by Crippen LogP contribution is -2.29. The van der Waals surface area contributed by atoms with Crippen molar-refractivity contribution < 1.29 is 14.3 Å². The van der Waals surface area contributed by atoms with Gasteiger partial charge >= 0.3 is 0 Å². The monoisotopic (exact) mass is 432 g/mol. The number of nitrogens with one attached hydrogen (secondary N) is 1. The molecule has 1 aromatic heterocycles. The van der Waals surface area contributed by atoms with Crippen LogP contribution < -0.4 is 19.7 Å². The Hall–Kier alpha value is -2.79. The lowest BCUT2D eigenvalue weighted by Gasteiger charge is -2.16. The van der Waals surface area contributed by atoms with Crippen molar-refractivity contribution in [3.8, 4) is 17.6 Å². The Labute approximate surface area is 167 Å². The molecule has 2 rings (SSSR count). The SMILES string of the molecule is CCOc1cc(C#N)cc(Br)c1OCC(=O)NCc1cccnc1N(C)C. The van der Waals surface area contributed by atoms with Crippen molar-refractivity contribution in [3.05, 3.63) is 46.1 Å². The number of aromatic nitrogens is 1. The molecule has 0 unspecified atom stereocenters. The molecule has 1 heterocycles. The van der Waals surface area contributed by atoms with Gasteiger partial charge in [0.1, 0.15) is 5.82 Å². The van der Waals surface area contributed by atoms with Crippen LogP contribution in [-0.4, -0.2) is 38.2 Å². The smallest absolute Gasteiger partial charge is 0.258 e. The molecule has 1 N–H and O–H groups in total. The zero-order chi connectivity index (χ0) is 19.8. The van der Waals surface area contributed by atoms with Gasteiger partial charge in [0.25, 0.3) is 5.91 Å². The number of carbonyl (C=O) groups is 1. The quantitative estimate of drug-likeness (QED) is 0.689. The highest BCUT2D eigenvalue weighted by Crippen LogP contribution is 2.36. The molecule has 1 aromatic carbocycles. The van der Waals surface area contributed by atoms with Gasteiger partial charge in [0.2, 0.25) is 0 Å². The molecule has 0 aliphatic rings. The average molecular weight is 433 g/mol. The Morgan fingerprint density at radius 2 is 2.15 bits per heavy atom. The number of nitriles is 1. The zero-order valence-corrected chi connectivity index (χ0v) is 17.0. The van der Waals surface area contributed by atoms with Gasteiger partial charge in [0.15, 0.2) is 18.1 Å². The molecule has 0 bridgehead atoms. The van der Waals surface area contributed by atoms with Gasteiger partial charge in [0, 0.05) is 38.5 Å². The molecule has 0 radical (unpaired) electrons. The highest BCUT2D eigenvalue weighted by atomic mass is 79.9. The molecule has 0 aliphatic heterocycles. The number of ether oxygens (including phenoxy) is 2. The normalized spacial score (nSPS) is 10.0. The molecular formula is C19H21BrN4O3. The first-order valence-corrected chi connectivity index (χ1v) is 9.12. The van der Waals surface area contributed by atoms with Gasteiger partial charge in [-0.2, -0.15) is 5.26 Å². The molecule has 7 nitrogen and oxygen atoms in total. The van der Waals surface area contributed by atoms with Crippen molar-refractivity contribution in [1.29, 1.82) is 5.26 Å². The third-order valence-electron chi connectivity index (χ3n) is 3.55. The van der Waals surface area contributed by atoms with Crippen LogP contribution in [0.5, 0.6) is 11.5 Å². The van der Waals surface area contributed by atoms with Crippen LogP contribution in [0.4, 0.5) is 5.82 Å². The van der Waals surface area contributed by atoms with E-state index < -0.39 is 0 Å². The Kier molecular flexibility index (Phi) is 7.44. The summed E-state index contributed by atoms with van der Waals surface area (Å²) in [7, 11) is 3.79. The zero-order valence-electron chi connectivity index (χ0n) is 15.5. The van der Waals surface area contributed by atoms with Crippen molar-refractivity contribution in [2.24, 2.45) is 0 Å². The van der Waals surface area contributed by atoms with Crippen molar-refractivity contribution in [1.82, 2.24) is 10.3 Å². The van der Waals surface area contributed by atoms with Gasteiger partial charge < -0.3 is 19.7 Å². The molecular weight excluding hydrogens is 412 g/mol. The summed E-state index contributed by atoms with van der Waals surface area (Å²) in [5.74, 6) is 1.33. The van der Waals surface area contributed by atoms with Crippen LogP contribution in [0.3, 0.4) is 0 Å². The number of amides is 1. The number of pyridine rings is 1. The van der Waals surface area contributed by atoms with Crippen LogP contribution in [0, 0.1) is 11.3 Å². The Morgan fingerprint density at radius 3 is 2.81 bits per heavy atom.